The Kier molecular flexibility index (Phi) is 6.99. The molecule has 0 fully saturated rings. The van der Waals surface area contributed by atoms with Gasteiger partial charge in [-0.3, -0.25) is 4.79 Å². The molecule has 1 aliphatic rings. The normalized spacial score (nSPS) is 14.1. The highest BCUT2D eigenvalue weighted by Gasteiger charge is 2.19. The Morgan fingerprint density at radius 2 is 1.93 bits per heavy atom. The summed E-state index contributed by atoms with van der Waals surface area (Å²) in [5.74, 6) is 1.26. The first kappa shape index (κ1) is 19.6. The van der Waals surface area contributed by atoms with E-state index in [9.17, 15) is 4.79 Å². The van der Waals surface area contributed by atoms with Crippen molar-refractivity contribution in [2.24, 2.45) is 0 Å². The van der Waals surface area contributed by atoms with Crippen molar-refractivity contribution in [2.45, 2.75) is 45.1 Å². The van der Waals surface area contributed by atoms with Crippen LogP contribution in [0.15, 0.2) is 42.5 Å². The van der Waals surface area contributed by atoms with E-state index in [-0.39, 0.29) is 5.91 Å². The number of hydrogen-bond acceptors (Lipinski definition) is 3. The lowest BCUT2D eigenvalue weighted by Gasteiger charge is -2.20. The molecular weight excluding hydrogens is 362 g/mol. The van der Waals surface area contributed by atoms with Crippen LogP contribution in [-0.4, -0.2) is 25.2 Å². The monoisotopic (exact) mass is 387 g/mol. The molecule has 1 N–H and O–H groups in total. The summed E-state index contributed by atoms with van der Waals surface area (Å²) in [5, 5.41) is 3.44. The zero-order valence-electron chi connectivity index (χ0n) is 15.7. The number of fused-ring (bicyclic) bond motifs is 1. The van der Waals surface area contributed by atoms with Gasteiger partial charge in [-0.25, -0.2) is 0 Å². The van der Waals surface area contributed by atoms with Crippen LogP contribution >= 0.6 is 11.6 Å². The number of aryl methyl sites for hydroxylation is 2. The van der Waals surface area contributed by atoms with Crippen molar-refractivity contribution < 1.29 is 14.3 Å². The average Bonchev–Trinajstić information content (AvgIpc) is 2.70. The Balaban J connectivity index is 1.48. The fourth-order valence-corrected chi connectivity index (χ4v) is 3.47. The summed E-state index contributed by atoms with van der Waals surface area (Å²) in [4.78, 5) is 12.4. The van der Waals surface area contributed by atoms with Crippen molar-refractivity contribution in [3.05, 3.63) is 58.6 Å². The molecule has 1 unspecified atom stereocenters. The SMILES string of the molecule is CCC(Oc1ccc2c(c1)CCCC2)C(=O)NCCOc1ccccc1Cl. The molecule has 4 nitrogen and oxygen atoms in total. The van der Waals surface area contributed by atoms with Crippen LogP contribution in [0.1, 0.15) is 37.3 Å². The van der Waals surface area contributed by atoms with E-state index >= 15 is 0 Å². The Hall–Kier alpha value is -2.20. The molecule has 2 aromatic carbocycles. The van der Waals surface area contributed by atoms with Crippen LogP contribution in [0.5, 0.6) is 11.5 Å². The maximum absolute atomic E-state index is 12.4. The van der Waals surface area contributed by atoms with E-state index in [0.717, 1.165) is 18.6 Å². The van der Waals surface area contributed by atoms with Crippen molar-refractivity contribution in [3.8, 4) is 11.5 Å². The molecule has 1 atom stereocenters. The van der Waals surface area contributed by atoms with Crippen molar-refractivity contribution in [2.75, 3.05) is 13.2 Å². The summed E-state index contributed by atoms with van der Waals surface area (Å²) in [5.41, 5.74) is 2.75. The molecule has 0 spiro atoms. The molecule has 0 aliphatic heterocycles. The van der Waals surface area contributed by atoms with Gasteiger partial charge in [0.25, 0.3) is 5.91 Å². The summed E-state index contributed by atoms with van der Waals surface area (Å²) in [6.45, 7) is 2.70. The van der Waals surface area contributed by atoms with E-state index in [1.54, 1.807) is 12.1 Å². The van der Waals surface area contributed by atoms with Gasteiger partial charge in [-0.2, -0.15) is 0 Å². The summed E-state index contributed by atoms with van der Waals surface area (Å²) in [7, 11) is 0. The van der Waals surface area contributed by atoms with E-state index in [0.29, 0.717) is 30.3 Å². The molecule has 5 heteroatoms. The predicted octanol–water partition coefficient (Wildman–Crippen LogP) is 4.57. The number of nitrogens with one attached hydrogen (secondary N) is 1. The lowest BCUT2D eigenvalue weighted by molar-refractivity contribution is -0.128. The molecular formula is C22H26ClNO3. The molecule has 1 aliphatic carbocycles. The number of benzene rings is 2. The highest BCUT2D eigenvalue weighted by molar-refractivity contribution is 6.32. The first-order valence-electron chi connectivity index (χ1n) is 9.61. The topological polar surface area (TPSA) is 47.6 Å². The van der Waals surface area contributed by atoms with Gasteiger partial charge in [-0.1, -0.05) is 36.7 Å². The minimum atomic E-state index is -0.507. The van der Waals surface area contributed by atoms with Gasteiger partial charge < -0.3 is 14.8 Å². The number of para-hydroxylation sites is 1. The molecule has 0 saturated heterocycles. The standard InChI is InChI=1S/C22H26ClNO3/c1-2-20(27-18-12-11-16-7-3-4-8-17(16)15-18)22(25)24-13-14-26-21-10-6-5-9-19(21)23/h5-6,9-12,15,20H,2-4,7-8,13-14H2,1H3,(H,24,25). The molecule has 0 radical (unpaired) electrons. The Labute approximate surface area is 165 Å². The first-order valence-corrected chi connectivity index (χ1v) is 9.98. The second-order valence-electron chi connectivity index (χ2n) is 6.72. The van der Waals surface area contributed by atoms with Gasteiger partial charge in [0.1, 0.15) is 18.1 Å². The largest absolute Gasteiger partial charge is 0.490 e. The van der Waals surface area contributed by atoms with Gasteiger partial charge in [0.15, 0.2) is 6.10 Å². The van der Waals surface area contributed by atoms with E-state index in [1.807, 2.05) is 25.1 Å². The maximum atomic E-state index is 12.4. The minimum Gasteiger partial charge on any atom is -0.490 e. The van der Waals surface area contributed by atoms with Gasteiger partial charge >= 0.3 is 0 Å². The second kappa shape index (κ2) is 9.65. The van der Waals surface area contributed by atoms with Crippen LogP contribution in [0.25, 0.3) is 0 Å². The van der Waals surface area contributed by atoms with Gasteiger partial charge in [-0.15, -0.1) is 0 Å². The minimum absolute atomic E-state index is 0.127. The third-order valence-corrected chi connectivity index (χ3v) is 5.07. The zero-order valence-corrected chi connectivity index (χ0v) is 16.4. The Bertz CT molecular complexity index is 778. The summed E-state index contributed by atoms with van der Waals surface area (Å²) in [6.07, 6.45) is 4.80. The maximum Gasteiger partial charge on any atom is 0.261 e. The smallest absolute Gasteiger partial charge is 0.261 e. The Morgan fingerprint density at radius 1 is 1.15 bits per heavy atom. The van der Waals surface area contributed by atoms with Gasteiger partial charge in [0.05, 0.1) is 11.6 Å². The van der Waals surface area contributed by atoms with Gasteiger partial charge in [0.2, 0.25) is 0 Å². The molecule has 3 rings (SSSR count). The van der Waals surface area contributed by atoms with E-state index in [4.69, 9.17) is 21.1 Å². The number of rotatable bonds is 8. The number of halogens is 1. The molecule has 0 saturated carbocycles. The highest BCUT2D eigenvalue weighted by Crippen LogP contribution is 2.26. The van der Waals surface area contributed by atoms with Crippen LogP contribution in [0.4, 0.5) is 0 Å². The highest BCUT2D eigenvalue weighted by atomic mass is 35.5. The van der Waals surface area contributed by atoms with Crippen molar-refractivity contribution in [1.82, 2.24) is 5.32 Å². The number of carbonyl (C=O) groups is 1. The van der Waals surface area contributed by atoms with E-state index in [1.165, 1.54) is 24.0 Å². The van der Waals surface area contributed by atoms with Crippen LogP contribution in [0.3, 0.4) is 0 Å². The average molecular weight is 388 g/mol. The number of ether oxygens (including phenoxy) is 2. The molecule has 1 amide bonds. The van der Waals surface area contributed by atoms with Crippen molar-refractivity contribution in [3.63, 3.8) is 0 Å². The lowest BCUT2D eigenvalue weighted by Crippen LogP contribution is -2.39. The Morgan fingerprint density at radius 3 is 2.70 bits per heavy atom. The number of carbonyl (C=O) groups excluding carboxylic acids is 1. The second-order valence-corrected chi connectivity index (χ2v) is 7.13. The van der Waals surface area contributed by atoms with Crippen molar-refractivity contribution >= 4 is 17.5 Å². The number of hydrogen-bond donors (Lipinski definition) is 1. The van der Waals surface area contributed by atoms with Crippen LogP contribution in [0.2, 0.25) is 5.02 Å². The quantitative estimate of drug-likeness (QED) is 0.675. The van der Waals surface area contributed by atoms with Gasteiger partial charge in [-0.05, 0) is 67.5 Å². The third-order valence-electron chi connectivity index (χ3n) is 4.76. The van der Waals surface area contributed by atoms with Crippen LogP contribution < -0.4 is 14.8 Å². The van der Waals surface area contributed by atoms with E-state index < -0.39 is 6.10 Å². The van der Waals surface area contributed by atoms with Crippen molar-refractivity contribution in [1.29, 1.82) is 0 Å². The van der Waals surface area contributed by atoms with Gasteiger partial charge in [0, 0.05) is 0 Å². The molecule has 0 aromatic heterocycles. The fourth-order valence-electron chi connectivity index (χ4n) is 3.28. The lowest BCUT2D eigenvalue weighted by atomic mass is 9.92. The molecule has 2 aromatic rings. The van der Waals surface area contributed by atoms with Crippen LogP contribution in [0, 0.1) is 0 Å². The molecule has 0 heterocycles. The molecule has 0 bridgehead atoms. The molecule has 144 valence electrons. The molecule has 27 heavy (non-hydrogen) atoms. The fraction of sp³-hybridized carbons (Fsp3) is 0.409. The predicted molar refractivity (Wildman–Crippen MR) is 108 cm³/mol. The van der Waals surface area contributed by atoms with Crippen LogP contribution in [-0.2, 0) is 17.6 Å². The van der Waals surface area contributed by atoms with E-state index in [2.05, 4.69) is 17.4 Å². The summed E-state index contributed by atoms with van der Waals surface area (Å²) in [6, 6.07) is 13.5. The number of amides is 1. The summed E-state index contributed by atoms with van der Waals surface area (Å²) >= 11 is 6.05. The summed E-state index contributed by atoms with van der Waals surface area (Å²) < 4.78 is 11.5. The zero-order chi connectivity index (χ0) is 19.1. The first-order chi connectivity index (χ1) is 13.2. The third kappa shape index (κ3) is 5.39.